The number of hydrogen-bond donors (Lipinski definition) is 2. The van der Waals surface area contributed by atoms with E-state index in [-0.39, 0.29) is 5.91 Å². The van der Waals surface area contributed by atoms with Crippen LogP contribution >= 0.6 is 0 Å². The van der Waals surface area contributed by atoms with Gasteiger partial charge in [-0.05, 0) is 68.0 Å². The molecule has 2 N–H and O–H groups in total. The Balaban J connectivity index is 1.49. The number of para-hydroxylation sites is 1. The zero-order chi connectivity index (χ0) is 19.3. The number of carbonyl (C=O) groups excluding carboxylic acids is 1. The average molecular weight is 375 g/mol. The van der Waals surface area contributed by atoms with Crippen LogP contribution in [0.3, 0.4) is 0 Å². The van der Waals surface area contributed by atoms with Gasteiger partial charge in [0.25, 0.3) is 5.91 Å². The van der Waals surface area contributed by atoms with E-state index < -0.39 is 0 Å². The quantitative estimate of drug-likeness (QED) is 0.488. The van der Waals surface area contributed by atoms with Gasteiger partial charge in [0.15, 0.2) is 0 Å². The number of ether oxygens (including phenoxy) is 1. The number of hydrazone groups is 1. The summed E-state index contributed by atoms with van der Waals surface area (Å²) >= 11 is 0. The summed E-state index contributed by atoms with van der Waals surface area (Å²) in [6.45, 7) is 2.72. The molecule has 0 aliphatic heterocycles. The molecule has 1 heterocycles. The summed E-state index contributed by atoms with van der Waals surface area (Å²) < 4.78 is 5.71. The van der Waals surface area contributed by atoms with Gasteiger partial charge in [0.05, 0.1) is 12.8 Å². The minimum Gasteiger partial charge on any atom is -0.493 e. The average Bonchev–Trinajstić information content (AvgIpc) is 3.11. The van der Waals surface area contributed by atoms with E-state index in [0.717, 1.165) is 41.5 Å². The fraction of sp³-hybridized carbons (Fsp3) is 0.304. The van der Waals surface area contributed by atoms with Crippen molar-refractivity contribution in [3.05, 3.63) is 64.8 Å². The second kappa shape index (κ2) is 8.30. The first-order chi connectivity index (χ1) is 13.8. The summed E-state index contributed by atoms with van der Waals surface area (Å²) in [5.41, 5.74) is 7.88. The lowest BCUT2D eigenvalue weighted by molar-refractivity contribution is 0.0955. The minimum atomic E-state index is -0.212. The Labute approximate surface area is 164 Å². The van der Waals surface area contributed by atoms with Gasteiger partial charge in [-0.3, -0.25) is 4.79 Å². The Hall–Kier alpha value is -3.08. The minimum absolute atomic E-state index is 0.212. The molecule has 1 aliphatic rings. The fourth-order valence-electron chi connectivity index (χ4n) is 3.70. The number of carbonyl (C=O) groups is 1. The summed E-state index contributed by atoms with van der Waals surface area (Å²) in [6, 6.07) is 13.5. The van der Waals surface area contributed by atoms with E-state index in [1.165, 1.54) is 24.1 Å². The molecule has 5 heteroatoms. The van der Waals surface area contributed by atoms with E-state index in [1.807, 2.05) is 42.5 Å². The highest BCUT2D eigenvalue weighted by atomic mass is 16.5. The van der Waals surface area contributed by atoms with Crippen LogP contribution in [0.15, 0.2) is 47.6 Å². The highest BCUT2D eigenvalue weighted by Gasteiger charge is 2.16. The number of rotatable bonds is 6. The van der Waals surface area contributed by atoms with Crippen molar-refractivity contribution in [1.29, 1.82) is 0 Å². The summed E-state index contributed by atoms with van der Waals surface area (Å²) in [4.78, 5) is 16.1. The van der Waals surface area contributed by atoms with Gasteiger partial charge in [0.2, 0.25) is 0 Å². The summed E-state index contributed by atoms with van der Waals surface area (Å²) in [5, 5.41) is 5.29. The molecule has 0 saturated heterocycles. The number of aromatic nitrogens is 1. The number of benzene rings is 2. The van der Waals surface area contributed by atoms with E-state index in [0.29, 0.717) is 12.2 Å². The molecule has 5 nitrogen and oxygen atoms in total. The van der Waals surface area contributed by atoms with Crippen LogP contribution in [-0.4, -0.2) is 23.7 Å². The largest absolute Gasteiger partial charge is 0.493 e. The third-order valence-electron chi connectivity index (χ3n) is 5.11. The molecule has 0 fully saturated rings. The molecule has 144 valence electrons. The number of aryl methyl sites for hydroxylation is 2. The normalized spacial score (nSPS) is 13.6. The van der Waals surface area contributed by atoms with Crippen molar-refractivity contribution in [2.24, 2.45) is 5.10 Å². The van der Waals surface area contributed by atoms with Gasteiger partial charge >= 0.3 is 0 Å². The first-order valence-electron chi connectivity index (χ1n) is 9.95. The number of amides is 1. The van der Waals surface area contributed by atoms with Crippen LogP contribution in [0.2, 0.25) is 0 Å². The third kappa shape index (κ3) is 3.79. The molecule has 1 aliphatic carbocycles. The van der Waals surface area contributed by atoms with Crippen LogP contribution in [0.1, 0.15) is 53.4 Å². The Kier molecular flexibility index (Phi) is 5.42. The Bertz CT molecular complexity index is 1020. The summed E-state index contributed by atoms with van der Waals surface area (Å²) in [5.74, 6) is 0.554. The standard InChI is InChI=1S/C23H25N3O2/c1-2-13-28-22-10-6-3-7-17(22)15-24-26-23(27)16-11-12-21-19(14-16)18-8-4-5-9-20(18)25-21/h3,6-7,10-12,14-15,25H,2,4-5,8-9,13H2,1H3,(H,26,27)/b24-15-. The maximum Gasteiger partial charge on any atom is 0.271 e. The van der Waals surface area contributed by atoms with E-state index >= 15 is 0 Å². The van der Waals surface area contributed by atoms with Crippen molar-refractivity contribution in [1.82, 2.24) is 10.4 Å². The number of H-pyrrole nitrogens is 1. The number of hydrogen-bond acceptors (Lipinski definition) is 3. The van der Waals surface area contributed by atoms with Crippen LogP contribution in [0.25, 0.3) is 10.9 Å². The molecule has 0 spiro atoms. The Morgan fingerprint density at radius 3 is 2.96 bits per heavy atom. The van der Waals surface area contributed by atoms with E-state index in [4.69, 9.17) is 4.74 Å². The van der Waals surface area contributed by atoms with Crippen LogP contribution < -0.4 is 10.2 Å². The number of aromatic amines is 1. The molecule has 3 aromatic rings. The van der Waals surface area contributed by atoms with E-state index in [9.17, 15) is 4.79 Å². The molecule has 28 heavy (non-hydrogen) atoms. The number of nitrogens with zero attached hydrogens (tertiary/aromatic N) is 1. The van der Waals surface area contributed by atoms with Gasteiger partial charge in [-0.15, -0.1) is 0 Å². The molecule has 4 rings (SSSR count). The van der Waals surface area contributed by atoms with Gasteiger partial charge < -0.3 is 9.72 Å². The van der Waals surface area contributed by atoms with Crippen molar-refractivity contribution in [2.75, 3.05) is 6.61 Å². The van der Waals surface area contributed by atoms with Crippen LogP contribution in [0.4, 0.5) is 0 Å². The number of fused-ring (bicyclic) bond motifs is 3. The van der Waals surface area contributed by atoms with Gasteiger partial charge in [0.1, 0.15) is 5.75 Å². The lowest BCUT2D eigenvalue weighted by Crippen LogP contribution is -2.17. The predicted octanol–water partition coefficient (Wildman–Crippen LogP) is 4.60. The molecule has 0 bridgehead atoms. The SMILES string of the molecule is CCCOc1ccccc1/C=N\NC(=O)c1ccc2[nH]c3c(c2c1)CCCC3. The van der Waals surface area contributed by atoms with Crippen molar-refractivity contribution in [2.45, 2.75) is 39.0 Å². The highest BCUT2D eigenvalue weighted by molar-refractivity contribution is 5.99. The lowest BCUT2D eigenvalue weighted by Gasteiger charge is -2.10. The van der Waals surface area contributed by atoms with Gasteiger partial charge in [-0.2, -0.15) is 5.10 Å². The van der Waals surface area contributed by atoms with Crippen molar-refractivity contribution >= 4 is 23.0 Å². The van der Waals surface area contributed by atoms with Gasteiger partial charge in [0, 0.05) is 27.7 Å². The molecule has 1 aromatic heterocycles. The van der Waals surface area contributed by atoms with Crippen LogP contribution in [0.5, 0.6) is 5.75 Å². The second-order valence-corrected chi connectivity index (χ2v) is 7.13. The van der Waals surface area contributed by atoms with Crippen molar-refractivity contribution in [3.63, 3.8) is 0 Å². The Morgan fingerprint density at radius 1 is 1.21 bits per heavy atom. The summed E-state index contributed by atoms with van der Waals surface area (Å²) in [6.07, 6.45) is 7.17. The molecule has 0 saturated carbocycles. The maximum absolute atomic E-state index is 12.6. The second-order valence-electron chi connectivity index (χ2n) is 7.13. The Morgan fingerprint density at radius 2 is 2.07 bits per heavy atom. The lowest BCUT2D eigenvalue weighted by atomic mass is 9.95. The molecule has 0 atom stereocenters. The topological polar surface area (TPSA) is 66.5 Å². The van der Waals surface area contributed by atoms with E-state index in [1.54, 1.807) is 6.21 Å². The first-order valence-corrected chi connectivity index (χ1v) is 9.95. The number of nitrogens with one attached hydrogen (secondary N) is 2. The molecular weight excluding hydrogens is 350 g/mol. The molecule has 2 aromatic carbocycles. The summed E-state index contributed by atoms with van der Waals surface area (Å²) in [7, 11) is 0. The fourth-order valence-corrected chi connectivity index (χ4v) is 3.70. The monoisotopic (exact) mass is 375 g/mol. The van der Waals surface area contributed by atoms with Gasteiger partial charge in [-0.1, -0.05) is 19.1 Å². The smallest absolute Gasteiger partial charge is 0.271 e. The third-order valence-corrected chi connectivity index (χ3v) is 5.11. The first kappa shape index (κ1) is 18.3. The maximum atomic E-state index is 12.6. The predicted molar refractivity (Wildman–Crippen MR) is 112 cm³/mol. The van der Waals surface area contributed by atoms with Crippen molar-refractivity contribution in [3.8, 4) is 5.75 Å². The zero-order valence-electron chi connectivity index (χ0n) is 16.1. The zero-order valence-corrected chi connectivity index (χ0v) is 16.1. The van der Waals surface area contributed by atoms with Gasteiger partial charge in [-0.25, -0.2) is 5.43 Å². The molecule has 1 amide bonds. The van der Waals surface area contributed by atoms with Crippen LogP contribution in [-0.2, 0) is 12.8 Å². The van der Waals surface area contributed by atoms with Crippen LogP contribution in [0, 0.1) is 0 Å². The highest BCUT2D eigenvalue weighted by Crippen LogP contribution is 2.29. The molecule has 0 unspecified atom stereocenters. The van der Waals surface area contributed by atoms with Crippen molar-refractivity contribution < 1.29 is 9.53 Å². The molecule has 0 radical (unpaired) electrons. The molecular formula is C23H25N3O2. The van der Waals surface area contributed by atoms with E-state index in [2.05, 4.69) is 22.4 Å².